The lowest BCUT2D eigenvalue weighted by atomic mass is 10.0. The average Bonchev–Trinajstić information content (AvgIpc) is 2.49. The lowest BCUT2D eigenvalue weighted by Gasteiger charge is -2.32. The molecule has 0 saturated carbocycles. The first kappa shape index (κ1) is 14.6. The van der Waals surface area contributed by atoms with E-state index in [0.29, 0.717) is 44.3 Å². The highest BCUT2D eigenvalue weighted by Crippen LogP contribution is 2.26. The molecule has 0 atom stereocenters. The Morgan fingerprint density at radius 1 is 1.25 bits per heavy atom. The van der Waals surface area contributed by atoms with Crippen LogP contribution < -0.4 is 0 Å². The number of hydrogen-bond donors (Lipinski definition) is 0. The highest BCUT2D eigenvalue weighted by Gasteiger charge is 2.30. The zero-order chi connectivity index (χ0) is 14.4. The lowest BCUT2D eigenvalue weighted by molar-refractivity contribution is -0.0140. The maximum atomic E-state index is 9.13. The molecule has 6 heteroatoms. The Hall–Kier alpha value is -1.78. The van der Waals surface area contributed by atoms with Crippen molar-refractivity contribution >= 4 is 5.71 Å². The smallest absolute Gasteiger partial charge is 0.341 e. The molecule has 2 aliphatic rings. The average molecular weight is 279 g/mol. The molecule has 1 aliphatic heterocycles. The minimum atomic E-state index is 0.447. The summed E-state index contributed by atoms with van der Waals surface area (Å²) < 4.78 is 16.7. The summed E-state index contributed by atoms with van der Waals surface area (Å²) >= 11 is 0. The van der Waals surface area contributed by atoms with Gasteiger partial charge in [-0.3, -0.25) is 0 Å². The topological polar surface area (TPSA) is 67.3 Å². The van der Waals surface area contributed by atoms with Gasteiger partial charge in [0.1, 0.15) is 12.2 Å². The van der Waals surface area contributed by atoms with Gasteiger partial charge in [0.25, 0.3) is 0 Å². The minimum Gasteiger partial charge on any atom is -0.495 e. The van der Waals surface area contributed by atoms with Crippen LogP contribution in [-0.2, 0) is 14.2 Å². The quantitative estimate of drug-likeness (QED) is 0.566. The molecule has 6 nitrogen and oxygen atoms in total. The van der Waals surface area contributed by atoms with Crippen molar-refractivity contribution in [2.75, 3.05) is 39.5 Å². The summed E-state index contributed by atoms with van der Waals surface area (Å²) in [4.78, 5) is 5.55. The molecule has 1 aliphatic carbocycles. The highest BCUT2D eigenvalue weighted by molar-refractivity contribution is 5.97. The van der Waals surface area contributed by atoms with Gasteiger partial charge in [0.05, 0.1) is 32.1 Å². The second kappa shape index (κ2) is 7.12. The van der Waals surface area contributed by atoms with Crippen LogP contribution in [0.15, 0.2) is 23.3 Å². The van der Waals surface area contributed by atoms with Crippen LogP contribution in [0.3, 0.4) is 0 Å². The normalized spacial score (nSPS) is 19.6. The van der Waals surface area contributed by atoms with Gasteiger partial charge in [-0.15, -0.1) is 0 Å². The first-order chi connectivity index (χ1) is 9.80. The summed E-state index contributed by atoms with van der Waals surface area (Å²) in [6.45, 7) is 8.04. The number of nitrogens with zero attached hydrogens (tertiary/aromatic N) is 3. The molecular weight excluding hydrogens is 258 g/mol. The second-order valence-corrected chi connectivity index (χ2v) is 4.51. The van der Waals surface area contributed by atoms with E-state index in [-0.39, 0.29) is 0 Å². The van der Waals surface area contributed by atoms with Gasteiger partial charge in [-0.25, -0.2) is 0 Å². The molecule has 1 saturated heterocycles. The third kappa shape index (κ3) is 3.21. The van der Waals surface area contributed by atoms with Crippen molar-refractivity contribution in [3.63, 3.8) is 0 Å². The van der Waals surface area contributed by atoms with Crippen molar-refractivity contribution in [2.45, 2.75) is 20.3 Å². The van der Waals surface area contributed by atoms with Crippen LogP contribution in [0.1, 0.15) is 20.3 Å². The SMILES string of the molecule is CCOC1=CC(N2CCOCC2)=C(OCC)CC1=[N+]=[N-]. The summed E-state index contributed by atoms with van der Waals surface area (Å²) in [5.74, 6) is 1.44. The Morgan fingerprint density at radius 2 is 1.95 bits per heavy atom. The van der Waals surface area contributed by atoms with Crippen LogP contribution in [0.4, 0.5) is 0 Å². The Bertz CT molecular complexity index is 458. The third-order valence-corrected chi connectivity index (χ3v) is 3.26. The van der Waals surface area contributed by atoms with Crippen LogP contribution in [0.25, 0.3) is 5.53 Å². The number of rotatable bonds is 5. The standard InChI is InChI=1S/C14H21N3O3/c1-3-19-13-10-12(17-5-7-18-8-6-17)14(20-4-2)9-11(13)16-15/h10H,3-9H2,1-2H3. The molecule has 0 unspecified atom stereocenters. The number of hydrogen-bond acceptors (Lipinski definition) is 4. The summed E-state index contributed by atoms with van der Waals surface area (Å²) in [5, 5.41) is 0. The van der Waals surface area contributed by atoms with Gasteiger partial charge in [-0.05, 0) is 13.8 Å². The molecule has 0 amide bonds. The number of ether oxygens (including phenoxy) is 3. The van der Waals surface area contributed by atoms with E-state index in [0.717, 1.165) is 24.5 Å². The van der Waals surface area contributed by atoms with Crippen LogP contribution in [0.5, 0.6) is 0 Å². The zero-order valence-electron chi connectivity index (χ0n) is 12.1. The van der Waals surface area contributed by atoms with E-state index in [2.05, 4.69) is 9.69 Å². The van der Waals surface area contributed by atoms with Gasteiger partial charge in [0, 0.05) is 19.2 Å². The van der Waals surface area contributed by atoms with Crippen molar-refractivity contribution in [3.8, 4) is 0 Å². The second-order valence-electron chi connectivity index (χ2n) is 4.51. The molecule has 0 spiro atoms. The van der Waals surface area contributed by atoms with Crippen LogP contribution >= 0.6 is 0 Å². The predicted octanol–water partition coefficient (Wildman–Crippen LogP) is 1.56. The van der Waals surface area contributed by atoms with E-state index in [1.807, 2.05) is 19.9 Å². The molecule has 0 aromatic heterocycles. The fraction of sp³-hybridized carbons (Fsp3) is 0.643. The van der Waals surface area contributed by atoms with Crippen molar-refractivity contribution in [3.05, 3.63) is 28.8 Å². The molecule has 20 heavy (non-hydrogen) atoms. The maximum Gasteiger partial charge on any atom is 0.341 e. The molecular formula is C14H21N3O3. The fourth-order valence-corrected chi connectivity index (χ4v) is 2.35. The van der Waals surface area contributed by atoms with E-state index in [4.69, 9.17) is 19.7 Å². The van der Waals surface area contributed by atoms with Gasteiger partial charge in [-0.2, -0.15) is 4.79 Å². The van der Waals surface area contributed by atoms with Gasteiger partial charge in [0.15, 0.2) is 0 Å². The zero-order valence-corrected chi connectivity index (χ0v) is 12.1. The molecule has 0 aromatic carbocycles. The van der Waals surface area contributed by atoms with Crippen molar-refractivity contribution in [2.24, 2.45) is 0 Å². The lowest BCUT2D eigenvalue weighted by Crippen LogP contribution is -2.37. The molecule has 2 rings (SSSR count). The maximum absolute atomic E-state index is 9.13. The first-order valence-corrected chi connectivity index (χ1v) is 7.04. The monoisotopic (exact) mass is 279 g/mol. The van der Waals surface area contributed by atoms with Crippen molar-refractivity contribution in [1.29, 1.82) is 0 Å². The Morgan fingerprint density at radius 3 is 2.55 bits per heavy atom. The fourth-order valence-electron chi connectivity index (χ4n) is 2.35. The molecule has 0 N–H and O–H groups in total. The van der Waals surface area contributed by atoms with Gasteiger partial charge in [0.2, 0.25) is 5.76 Å². The first-order valence-electron chi connectivity index (χ1n) is 7.04. The van der Waals surface area contributed by atoms with Crippen LogP contribution in [0.2, 0.25) is 0 Å². The minimum absolute atomic E-state index is 0.447. The van der Waals surface area contributed by atoms with E-state index in [1.54, 1.807) is 0 Å². The summed E-state index contributed by atoms with van der Waals surface area (Å²) in [6.07, 6.45) is 2.35. The van der Waals surface area contributed by atoms with E-state index in [9.17, 15) is 0 Å². The number of morpholine rings is 1. The van der Waals surface area contributed by atoms with Crippen LogP contribution in [-0.4, -0.2) is 54.9 Å². The van der Waals surface area contributed by atoms with Crippen LogP contribution in [0, 0.1) is 0 Å². The predicted molar refractivity (Wildman–Crippen MR) is 74.0 cm³/mol. The molecule has 1 fully saturated rings. The summed E-state index contributed by atoms with van der Waals surface area (Å²) in [6, 6.07) is 0. The van der Waals surface area contributed by atoms with Crippen molar-refractivity contribution in [1.82, 2.24) is 4.90 Å². The molecule has 110 valence electrons. The molecule has 0 bridgehead atoms. The Labute approximate surface area is 119 Å². The Balaban J connectivity index is 2.32. The Kier molecular flexibility index (Phi) is 5.21. The van der Waals surface area contributed by atoms with E-state index in [1.165, 1.54) is 0 Å². The van der Waals surface area contributed by atoms with Gasteiger partial charge >= 0.3 is 5.71 Å². The van der Waals surface area contributed by atoms with E-state index < -0.39 is 0 Å². The van der Waals surface area contributed by atoms with Crippen molar-refractivity contribution < 1.29 is 19.0 Å². The summed E-state index contributed by atoms with van der Waals surface area (Å²) in [7, 11) is 0. The highest BCUT2D eigenvalue weighted by atomic mass is 16.5. The van der Waals surface area contributed by atoms with E-state index >= 15 is 0 Å². The molecule has 1 heterocycles. The largest absolute Gasteiger partial charge is 0.495 e. The number of allylic oxidation sites excluding steroid dienone is 3. The third-order valence-electron chi connectivity index (χ3n) is 3.26. The molecule has 0 aromatic rings. The van der Waals surface area contributed by atoms with Gasteiger partial charge < -0.3 is 24.6 Å². The van der Waals surface area contributed by atoms with Gasteiger partial charge in [-0.1, -0.05) is 0 Å². The molecule has 0 radical (unpaired) electrons. The summed E-state index contributed by atoms with van der Waals surface area (Å²) in [5.41, 5.74) is 10.6.